The number of aromatic nitrogens is 5. The first kappa shape index (κ1) is 15.2. The van der Waals surface area contributed by atoms with Gasteiger partial charge in [-0.05, 0) is 6.92 Å². The highest BCUT2D eigenvalue weighted by Gasteiger charge is 2.13. The minimum absolute atomic E-state index is 0.0242. The Morgan fingerprint density at radius 2 is 2.00 bits per heavy atom. The molecule has 0 unspecified atom stereocenters. The Hall–Kier alpha value is -2.68. The second-order valence-corrected chi connectivity index (χ2v) is 5.91. The quantitative estimate of drug-likeness (QED) is 0.406. The molecule has 2 aromatic heterocycles. The van der Waals surface area contributed by atoms with Gasteiger partial charge in [0.05, 0.1) is 10.8 Å². The molecule has 23 heavy (non-hydrogen) atoms. The normalized spacial score (nSPS) is 10.9. The molecule has 0 spiro atoms. The minimum Gasteiger partial charge on any atom is -0.305 e. The average molecular weight is 330 g/mol. The maximum absolute atomic E-state index is 10.6. The van der Waals surface area contributed by atoms with Crippen LogP contribution in [0.4, 0.5) is 5.69 Å². The summed E-state index contributed by atoms with van der Waals surface area (Å²) in [6, 6.07) is 8.06. The maximum atomic E-state index is 10.6. The zero-order chi connectivity index (χ0) is 16.4. The molecule has 0 fully saturated rings. The fourth-order valence-corrected chi connectivity index (χ4v) is 2.80. The van der Waals surface area contributed by atoms with E-state index >= 15 is 0 Å². The van der Waals surface area contributed by atoms with Crippen molar-refractivity contribution in [2.45, 2.75) is 18.0 Å². The smallest absolute Gasteiger partial charge is 0.305 e. The number of benzene rings is 1. The highest BCUT2D eigenvalue weighted by molar-refractivity contribution is 7.98. The zero-order valence-corrected chi connectivity index (χ0v) is 13.4. The summed E-state index contributed by atoms with van der Waals surface area (Å²) >= 11 is 1.41. The number of nitrogens with zero attached hydrogens (tertiary/aromatic N) is 6. The molecule has 1 aromatic carbocycles. The first-order valence-corrected chi connectivity index (χ1v) is 7.79. The van der Waals surface area contributed by atoms with Crippen LogP contribution in [0.25, 0.3) is 11.4 Å². The Kier molecular flexibility index (Phi) is 4.11. The molecule has 118 valence electrons. The Bertz CT molecular complexity index is 839. The number of rotatable bonds is 5. The third-order valence-corrected chi connectivity index (χ3v) is 4.31. The Morgan fingerprint density at radius 1 is 1.26 bits per heavy atom. The lowest BCUT2D eigenvalue weighted by Gasteiger charge is -2.04. The van der Waals surface area contributed by atoms with Gasteiger partial charge < -0.3 is 4.57 Å². The lowest BCUT2D eigenvalue weighted by atomic mass is 10.1. The van der Waals surface area contributed by atoms with Gasteiger partial charge in [-0.2, -0.15) is 5.10 Å². The van der Waals surface area contributed by atoms with E-state index in [-0.39, 0.29) is 5.69 Å². The van der Waals surface area contributed by atoms with Gasteiger partial charge >= 0.3 is 5.69 Å². The fraction of sp³-hybridized carbons (Fsp3) is 0.214. The first-order valence-electron chi connectivity index (χ1n) is 6.80. The van der Waals surface area contributed by atoms with Gasteiger partial charge in [-0.15, -0.1) is 10.2 Å². The van der Waals surface area contributed by atoms with E-state index in [1.165, 1.54) is 34.4 Å². The van der Waals surface area contributed by atoms with Crippen molar-refractivity contribution in [2.24, 2.45) is 7.05 Å². The van der Waals surface area contributed by atoms with Crippen LogP contribution in [0.3, 0.4) is 0 Å². The Balaban J connectivity index is 1.74. The molecule has 2 heterocycles. The first-order chi connectivity index (χ1) is 11.0. The van der Waals surface area contributed by atoms with Gasteiger partial charge in [0.1, 0.15) is 12.4 Å². The number of aryl methyl sites for hydroxylation is 1. The van der Waals surface area contributed by atoms with Gasteiger partial charge in [-0.3, -0.25) is 14.8 Å². The molecular formula is C14H14N6O2S. The molecule has 0 radical (unpaired) electrons. The van der Waals surface area contributed by atoms with Crippen LogP contribution >= 0.6 is 11.8 Å². The third kappa shape index (κ3) is 3.24. The summed E-state index contributed by atoms with van der Waals surface area (Å²) in [5.41, 5.74) is 2.15. The topological polar surface area (TPSA) is 91.7 Å². The van der Waals surface area contributed by atoms with Crippen molar-refractivity contribution in [3.8, 4) is 11.4 Å². The van der Waals surface area contributed by atoms with Crippen LogP contribution in [-0.4, -0.2) is 29.5 Å². The van der Waals surface area contributed by atoms with Crippen LogP contribution in [-0.2, 0) is 12.9 Å². The van der Waals surface area contributed by atoms with E-state index in [9.17, 15) is 10.1 Å². The summed E-state index contributed by atoms with van der Waals surface area (Å²) in [4.78, 5) is 10.2. The van der Waals surface area contributed by atoms with Crippen molar-refractivity contribution in [3.63, 3.8) is 0 Å². The highest BCUT2D eigenvalue weighted by atomic mass is 32.2. The van der Waals surface area contributed by atoms with Crippen LogP contribution in [0.2, 0.25) is 0 Å². The minimum atomic E-state index is -0.466. The van der Waals surface area contributed by atoms with Gasteiger partial charge in [0.25, 0.3) is 0 Å². The molecular weight excluding hydrogens is 316 g/mol. The molecule has 0 N–H and O–H groups in total. The maximum Gasteiger partial charge on any atom is 0.307 e. The van der Waals surface area contributed by atoms with Crippen LogP contribution in [0, 0.1) is 17.0 Å². The SMILES string of the molecule is Cc1ccc(-c2nnc(SCn3cc([N+](=O)[O-])cn3)n2C)cc1. The predicted molar refractivity (Wildman–Crippen MR) is 85.9 cm³/mol. The van der Waals surface area contributed by atoms with Crippen LogP contribution in [0.1, 0.15) is 5.56 Å². The molecule has 0 saturated carbocycles. The molecule has 0 atom stereocenters. The average Bonchev–Trinajstić information content (AvgIpc) is 3.13. The van der Waals surface area contributed by atoms with E-state index in [1.54, 1.807) is 0 Å². The number of hydrogen-bond donors (Lipinski definition) is 0. The molecule has 0 aliphatic rings. The van der Waals surface area contributed by atoms with Gasteiger partial charge in [0.15, 0.2) is 11.0 Å². The van der Waals surface area contributed by atoms with Crippen molar-refractivity contribution >= 4 is 17.4 Å². The van der Waals surface area contributed by atoms with Crippen molar-refractivity contribution in [2.75, 3.05) is 0 Å². The summed E-state index contributed by atoms with van der Waals surface area (Å²) in [6.45, 7) is 2.03. The van der Waals surface area contributed by atoms with Crippen LogP contribution in [0.15, 0.2) is 41.8 Å². The van der Waals surface area contributed by atoms with Crippen molar-refractivity contribution in [1.29, 1.82) is 0 Å². The summed E-state index contributed by atoms with van der Waals surface area (Å²) in [7, 11) is 1.89. The largest absolute Gasteiger partial charge is 0.307 e. The van der Waals surface area contributed by atoms with E-state index in [0.29, 0.717) is 5.88 Å². The highest BCUT2D eigenvalue weighted by Crippen LogP contribution is 2.24. The van der Waals surface area contributed by atoms with Crippen LogP contribution in [0.5, 0.6) is 0 Å². The standard InChI is InChI=1S/C14H14N6O2S/c1-10-3-5-11(6-4-10)13-16-17-14(18(13)2)23-9-19-8-12(7-15-19)20(21)22/h3-8H,9H2,1-2H3. The second-order valence-electron chi connectivity index (χ2n) is 5.00. The Morgan fingerprint density at radius 3 is 2.65 bits per heavy atom. The molecule has 3 aromatic rings. The molecule has 0 bridgehead atoms. The van der Waals surface area contributed by atoms with E-state index in [1.807, 2.05) is 42.8 Å². The van der Waals surface area contributed by atoms with Gasteiger partial charge in [0.2, 0.25) is 0 Å². The summed E-state index contributed by atoms with van der Waals surface area (Å²) in [6.07, 6.45) is 2.62. The predicted octanol–water partition coefficient (Wildman–Crippen LogP) is 2.65. The monoisotopic (exact) mass is 330 g/mol. The van der Waals surface area contributed by atoms with Gasteiger partial charge in [-0.1, -0.05) is 41.6 Å². The van der Waals surface area contributed by atoms with Crippen molar-refractivity contribution in [3.05, 3.63) is 52.3 Å². The lowest BCUT2D eigenvalue weighted by molar-refractivity contribution is -0.385. The molecule has 0 saturated heterocycles. The number of thioether (sulfide) groups is 1. The van der Waals surface area contributed by atoms with E-state index < -0.39 is 4.92 Å². The molecule has 0 amide bonds. The van der Waals surface area contributed by atoms with Crippen LogP contribution < -0.4 is 0 Å². The molecule has 9 heteroatoms. The molecule has 3 rings (SSSR count). The number of nitro groups is 1. The van der Waals surface area contributed by atoms with E-state index in [2.05, 4.69) is 15.3 Å². The molecule has 0 aliphatic carbocycles. The summed E-state index contributed by atoms with van der Waals surface area (Å²) in [5.74, 6) is 1.20. The summed E-state index contributed by atoms with van der Waals surface area (Å²) < 4.78 is 3.40. The number of hydrogen-bond acceptors (Lipinski definition) is 6. The van der Waals surface area contributed by atoms with E-state index in [0.717, 1.165) is 16.5 Å². The van der Waals surface area contributed by atoms with Crippen molar-refractivity contribution < 1.29 is 4.92 Å². The van der Waals surface area contributed by atoms with Gasteiger partial charge in [0, 0.05) is 12.6 Å². The fourth-order valence-electron chi connectivity index (χ4n) is 2.04. The van der Waals surface area contributed by atoms with E-state index in [4.69, 9.17) is 0 Å². The molecule has 8 nitrogen and oxygen atoms in total. The molecule has 0 aliphatic heterocycles. The van der Waals surface area contributed by atoms with Gasteiger partial charge in [-0.25, -0.2) is 0 Å². The summed E-state index contributed by atoms with van der Waals surface area (Å²) in [5, 5.41) is 23.7. The van der Waals surface area contributed by atoms with Crippen molar-refractivity contribution in [1.82, 2.24) is 24.5 Å². The third-order valence-electron chi connectivity index (χ3n) is 3.30. The second kappa shape index (κ2) is 6.21. The zero-order valence-electron chi connectivity index (χ0n) is 12.6. The Labute approximate surface area is 136 Å². The lowest BCUT2D eigenvalue weighted by Crippen LogP contribution is -1.98.